The Morgan fingerprint density at radius 1 is 1.29 bits per heavy atom. The third-order valence-corrected chi connectivity index (χ3v) is 3.31. The second-order valence-electron chi connectivity index (χ2n) is 4.69. The zero-order valence-corrected chi connectivity index (χ0v) is 11.5. The fourth-order valence-corrected chi connectivity index (χ4v) is 2.69. The van der Waals surface area contributed by atoms with Gasteiger partial charge in [0, 0.05) is 10.6 Å². The monoisotopic (exact) mass is 277 g/mol. The van der Waals surface area contributed by atoms with Gasteiger partial charge in [-0.25, -0.2) is 0 Å². The molecule has 0 saturated carbocycles. The maximum absolute atomic E-state index is 11.8. The van der Waals surface area contributed by atoms with E-state index in [-0.39, 0.29) is 5.69 Å². The van der Waals surface area contributed by atoms with Crippen LogP contribution in [0.15, 0.2) is 18.2 Å². The van der Waals surface area contributed by atoms with E-state index in [0.29, 0.717) is 10.7 Å². The number of nitrogens with two attached hydrogens (primary N) is 1. The van der Waals surface area contributed by atoms with Gasteiger partial charge in [0.1, 0.15) is 0 Å². The van der Waals surface area contributed by atoms with Gasteiger partial charge in [0.15, 0.2) is 0 Å². The van der Waals surface area contributed by atoms with Gasteiger partial charge in [-0.05, 0) is 39.0 Å². The normalized spacial score (nSPS) is 12.5. The maximum Gasteiger partial charge on any atom is 0.299 e. The molecule has 0 saturated heterocycles. The molecule has 0 bridgehead atoms. The summed E-state index contributed by atoms with van der Waals surface area (Å²) in [7, 11) is -3.67. The second kappa shape index (κ2) is 4.72. The van der Waals surface area contributed by atoms with E-state index in [2.05, 4.69) is 9.44 Å². The number of nitrogens with one attached hydrogen (secondary N) is 2. The molecule has 0 aliphatic carbocycles. The Morgan fingerprint density at radius 2 is 1.88 bits per heavy atom. The highest BCUT2D eigenvalue weighted by atomic mass is 35.5. The first-order valence-corrected chi connectivity index (χ1v) is 6.82. The van der Waals surface area contributed by atoms with Crippen LogP contribution in [0.4, 0.5) is 11.4 Å². The van der Waals surface area contributed by atoms with Crippen molar-refractivity contribution in [2.24, 2.45) is 0 Å². The third kappa shape index (κ3) is 4.80. The van der Waals surface area contributed by atoms with Crippen molar-refractivity contribution in [3.05, 3.63) is 23.2 Å². The van der Waals surface area contributed by atoms with E-state index in [4.69, 9.17) is 17.3 Å². The van der Waals surface area contributed by atoms with Crippen molar-refractivity contribution < 1.29 is 8.42 Å². The molecular formula is C10H16ClN3O2S. The number of anilines is 2. The molecule has 4 N–H and O–H groups in total. The van der Waals surface area contributed by atoms with Crippen molar-refractivity contribution in [2.75, 3.05) is 10.5 Å². The largest absolute Gasteiger partial charge is 0.397 e. The van der Waals surface area contributed by atoms with Gasteiger partial charge in [-0.15, -0.1) is 0 Å². The average molecular weight is 278 g/mol. The molecule has 0 heterocycles. The minimum atomic E-state index is -3.67. The van der Waals surface area contributed by atoms with Crippen LogP contribution in [-0.4, -0.2) is 14.0 Å². The summed E-state index contributed by atoms with van der Waals surface area (Å²) in [6.45, 7) is 5.23. The molecule has 0 aromatic heterocycles. The smallest absolute Gasteiger partial charge is 0.299 e. The predicted octanol–water partition coefficient (Wildman–Crippen LogP) is 1.97. The minimum absolute atomic E-state index is 0.259. The molecule has 0 spiro atoms. The summed E-state index contributed by atoms with van der Waals surface area (Å²) in [5, 5.41) is 0.410. The number of hydrogen-bond donors (Lipinski definition) is 3. The van der Waals surface area contributed by atoms with Crippen LogP contribution in [0.3, 0.4) is 0 Å². The van der Waals surface area contributed by atoms with Crippen LogP contribution in [-0.2, 0) is 10.2 Å². The first kappa shape index (κ1) is 14.1. The molecule has 0 unspecified atom stereocenters. The topological polar surface area (TPSA) is 84.2 Å². The fourth-order valence-electron chi connectivity index (χ4n) is 1.19. The van der Waals surface area contributed by atoms with Crippen molar-refractivity contribution in [1.29, 1.82) is 0 Å². The Morgan fingerprint density at radius 3 is 2.41 bits per heavy atom. The maximum atomic E-state index is 11.8. The Balaban J connectivity index is 2.94. The van der Waals surface area contributed by atoms with Gasteiger partial charge >= 0.3 is 0 Å². The average Bonchev–Trinajstić information content (AvgIpc) is 2.06. The van der Waals surface area contributed by atoms with E-state index in [9.17, 15) is 8.42 Å². The SMILES string of the molecule is CC(C)(C)NS(=O)(=O)Nc1cc(Cl)ccc1N. The van der Waals surface area contributed by atoms with Gasteiger partial charge in [-0.2, -0.15) is 13.1 Å². The zero-order chi connectivity index (χ0) is 13.3. The number of benzene rings is 1. The Hall–Kier alpha value is -0.980. The highest BCUT2D eigenvalue weighted by Crippen LogP contribution is 2.23. The van der Waals surface area contributed by atoms with Gasteiger partial charge in [0.2, 0.25) is 0 Å². The lowest BCUT2D eigenvalue weighted by Gasteiger charge is -2.21. The van der Waals surface area contributed by atoms with E-state index in [1.54, 1.807) is 26.8 Å². The summed E-state index contributed by atoms with van der Waals surface area (Å²) in [5.74, 6) is 0. The van der Waals surface area contributed by atoms with Crippen molar-refractivity contribution in [3.63, 3.8) is 0 Å². The number of hydrogen-bond acceptors (Lipinski definition) is 3. The molecule has 96 valence electrons. The summed E-state index contributed by atoms with van der Waals surface area (Å²) in [6.07, 6.45) is 0. The predicted molar refractivity (Wildman–Crippen MR) is 71.3 cm³/mol. The van der Waals surface area contributed by atoms with Crippen molar-refractivity contribution in [2.45, 2.75) is 26.3 Å². The summed E-state index contributed by atoms with van der Waals surface area (Å²) in [6, 6.07) is 4.59. The van der Waals surface area contributed by atoms with E-state index in [0.717, 1.165) is 0 Å². The minimum Gasteiger partial charge on any atom is -0.397 e. The summed E-state index contributed by atoms with van der Waals surface area (Å²) in [5.41, 5.74) is 5.65. The van der Waals surface area contributed by atoms with Crippen LogP contribution in [0.25, 0.3) is 0 Å². The van der Waals surface area contributed by atoms with Crippen LogP contribution >= 0.6 is 11.6 Å². The Bertz CT molecular complexity index is 509. The number of halogens is 1. The zero-order valence-electron chi connectivity index (χ0n) is 9.91. The van der Waals surface area contributed by atoms with Crippen LogP contribution in [0.1, 0.15) is 20.8 Å². The lowest BCUT2D eigenvalue weighted by molar-refractivity contribution is 0.494. The molecule has 0 aliphatic heterocycles. The number of nitrogen functional groups attached to an aromatic ring is 1. The molecule has 1 aromatic rings. The summed E-state index contributed by atoms with van der Waals surface area (Å²) in [4.78, 5) is 0. The first-order chi connectivity index (χ1) is 7.59. The van der Waals surface area contributed by atoms with Crippen LogP contribution in [0, 0.1) is 0 Å². The molecule has 1 rings (SSSR count). The summed E-state index contributed by atoms with van der Waals surface area (Å²) < 4.78 is 28.3. The van der Waals surface area contributed by atoms with Crippen molar-refractivity contribution in [3.8, 4) is 0 Å². The van der Waals surface area contributed by atoms with E-state index < -0.39 is 15.7 Å². The molecule has 7 heteroatoms. The fraction of sp³-hybridized carbons (Fsp3) is 0.400. The Kier molecular flexibility index (Phi) is 3.91. The van der Waals surface area contributed by atoms with Crippen LogP contribution < -0.4 is 15.2 Å². The molecule has 0 fully saturated rings. The van der Waals surface area contributed by atoms with Crippen molar-refractivity contribution >= 4 is 33.2 Å². The molecule has 0 aliphatic rings. The van der Waals surface area contributed by atoms with Gasteiger partial charge in [0.05, 0.1) is 11.4 Å². The van der Waals surface area contributed by atoms with Crippen molar-refractivity contribution in [1.82, 2.24) is 4.72 Å². The standard InChI is InChI=1S/C10H16ClN3O2S/c1-10(2,3)14-17(15,16)13-9-6-7(11)4-5-8(9)12/h4-6,13-14H,12H2,1-3H3. The van der Waals surface area contributed by atoms with Crippen LogP contribution in [0.5, 0.6) is 0 Å². The highest BCUT2D eigenvalue weighted by Gasteiger charge is 2.20. The second-order valence-corrected chi connectivity index (χ2v) is 6.54. The lowest BCUT2D eigenvalue weighted by atomic mass is 10.1. The van der Waals surface area contributed by atoms with Gasteiger partial charge < -0.3 is 5.73 Å². The van der Waals surface area contributed by atoms with E-state index >= 15 is 0 Å². The first-order valence-electron chi connectivity index (χ1n) is 4.96. The van der Waals surface area contributed by atoms with E-state index in [1.165, 1.54) is 12.1 Å². The summed E-state index contributed by atoms with van der Waals surface area (Å²) >= 11 is 5.77. The molecule has 0 radical (unpaired) electrons. The molecular weight excluding hydrogens is 262 g/mol. The van der Waals surface area contributed by atoms with Gasteiger partial charge in [-0.1, -0.05) is 11.6 Å². The molecule has 17 heavy (non-hydrogen) atoms. The van der Waals surface area contributed by atoms with E-state index in [1.807, 2.05) is 0 Å². The lowest BCUT2D eigenvalue weighted by Crippen LogP contribution is -2.43. The third-order valence-electron chi connectivity index (χ3n) is 1.70. The van der Waals surface area contributed by atoms with Gasteiger partial charge in [0.25, 0.3) is 10.2 Å². The highest BCUT2D eigenvalue weighted by molar-refractivity contribution is 7.90. The molecule has 0 atom stereocenters. The number of rotatable bonds is 3. The molecule has 1 aromatic carbocycles. The quantitative estimate of drug-likeness (QED) is 0.739. The Labute approximate surface area is 107 Å². The van der Waals surface area contributed by atoms with Crippen LogP contribution in [0.2, 0.25) is 5.02 Å². The van der Waals surface area contributed by atoms with Gasteiger partial charge in [-0.3, -0.25) is 4.72 Å². The molecule has 5 nitrogen and oxygen atoms in total. The molecule has 0 amide bonds.